The molecule has 0 aliphatic carbocycles. The molecular formula is C11H14ClNPtS. The molecule has 0 aromatic heterocycles. The Bertz CT molecular complexity index is 254. The van der Waals surface area contributed by atoms with Crippen LogP contribution < -0.4 is 0 Å². The Labute approximate surface area is 112 Å². The first-order valence-electron chi connectivity index (χ1n) is 4.60. The maximum atomic E-state index is 4.61. The molecule has 0 aliphatic heterocycles. The van der Waals surface area contributed by atoms with Crippen LogP contribution in [0.2, 0.25) is 0 Å². The van der Waals surface area contributed by atoms with Gasteiger partial charge in [-0.15, -0.1) is 12.1 Å². The molecule has 0 radical (unpaired) electrons. The normalized spacial score (nSPS) is 9.87. The third-order valence-corrected chi connectivity index (χ3v) is 2.41. The van der Waals surface area contributed by atoms with Gasteiger partial charge in [0.05, 0.1) is 0 Å². The molecule has 0 saturated heterocycles. The summed E-state index contributed by atoms with van der Waals surface area (Å²) in [5.41, 5.74) is 1.06. The van der Waals surface area contributed by atoms with Crippen LogP contribution in [-0.4, -0.2) is 24.3 Å². The van der Waals surface area contributed by atoms with Gasteiger partial charge < -0.3 is 4.99 Å². The molecule has 0 saturated carbocycles. The van der Waals surface area contributed by atoms with E-state index in [9.17, 15) is 0 Å². The molecule has 1 aromatic carbocycles. The van der Waals surface area contributed by atoms with Crippen LogP contribution >= 0.6 is 21.2 Å². The SMILES string of the molecule is CCSCCN=[C-]c1ccccc1.[Cl][Pt+]. The fourth-order valence-corrected chi connectivity index (χ4v) is 1.42. The fourth-order valence-electron chi connectivity index (χ4n) is 0.914. The molecule has 0 atom stereocenters. The van der Waals surface area contributed by atoms with Crippen LogP contribution in [0.15, 0.2) is 35.3 Å². The topological polar surface area (TPSA) is 12.4 Å². The molecule has 0 aliphatic rings. The molecule has 1 nitrogen and oxygen atoms in total. The number of benzene rings is 1. The Hall–Kier alpha value is 0.218. The summed E-state index contributed by atoms with van der Waals surface area (Å²) in [5, 5.41) is 0. The summed E-state index contributed by atoms with van der Waals surface area (Å²) in [5.74, 6) is 2.26. The van der Waals surface area contributed by atoms with Crippen LogP contribution in [0.25, 0.3) is 0 Å². The fraction of sp³-hybridized carbons (Fsp3) is 0.364. The van der Waals surface area contributed by atoms with Crippen molar-refractivity contribution in [3.05, 3.63) is 35.9 Å². The van der Waals surface area contributed by atoms with Crippen molar-refractivity contribution in [1.29, 1.82) is 0 Å². The van der Waals surface area contributed by atoms with Gasteiger partial charge in [-0.25, -0.2) is 0 Å². The summed E-state index contributed by atoms with van der Waals surface area (Å²) in [6.45, 7) is 3.03. The van der Waals surface area contributed by atoms with E-state index in [4.69, 9.17) is 0 Å². The zero-order chi connectivity index (χ0) is 11.4. The average molecular weight is 423 g/mol. The summed E-state index contributed by atoms with van der Waals surface area (Å²) < 4.78 is 0. The second kappa shape index (κ2) is 12.3. The van der Waals surface area contributed by atoms with Gasteiger partial charge in [-0.3, -0.25) is 0 Å². The third kappa shape index (κ3) is 9.17. The number of thioether (sulfide) groups is 1. The van der Waals surface area contributed by atoms with E-state index in [1.807, 2.05) is 42.1 Å². The van der Waals surface area contributed by atoms with Crippen LogP contribution in [0.1, 0.15) is 12.5 Å². The van der Waals surface area contributed by atoms with Crippen LogP contribution in [-0.2, 0) is 18.8 Å². The van der Waals surface area contributed by atoms with E-state index in [0.717, 1.165) is 17.9 Å². The second-order valence-electron chi connectivity index (χ2n) is 2.56. The van der Waals surface area contributed by atoms with Gasteiger partial charge >= 0.3 is 28.2 Å². The van der Waals surface area contributed by atoms with Gasteiger partial charge in [-0.05, 0) is 5.75 Å². The van der Waals surface area contributed by atoms with Gasteiger partial charge in [-0.2, -0.15) is 29.5 Å². The molecule has 0 bridgehead atoms. The monoisotopic (exact) mass is 422 g/mol. The molecule has 86 valence electrons. The number of hydrogen-bond acceptors (Lipinski definition) is 2. The van der Waals surface area contributed by atoms with E-state index in [1.54, 1.807) is 18.8 Å². The molecule has 1 aromatic rings. The first-order valence-corrected chi connectivity index (χ1v) is 8.57. The Kier molecular flexibility index (Phi) is 12.5. The predicted octanol–water partition coefficient (Wildman–Crippen LogP) is 3.42. The number of hydrogen-bond donors (Lipinski definition) is 0. The van der Waals surface area contributed by atoms with E-state index in [0.29, 0.717) is 0 Å². The first-order chi connectivity index (χ1) is 7.43. The summed E-state index contributed by atoms with van der Waals surface area (Å²) in [6.07, 6.45) is 3.02. The van der Waals surface area contributed by atoms with E-state index >= 15 is 0 Å². The van der Waals surface area contributed by atoms with Crippen molar-refractivity contribution in [2.45, 2.75) is 6.92 Å². The molecule has 0 fully saturated rings. The standard InChI is InChI=1S/C11H14NS.ClH.Pt/c1-2-13-9-8-12-10-11-6-4-3-5-7-11;;/h3-7H,2,8-9H2,1H3;1H;/q-1;;+2/p-1. The molecule has 4 heteroatoms. The predicted molar refractivity (Wildman–Crippen MR) is 66.7 cm³/mol. The summed E-state index contributed by atoms with van der Waals surface area (Å²) >= 11 is 3.52. The number of rotatable bonds is 5. The maximum absolute atomic E-state index is 4.61. The Morgan fingerprint density at radius 2 is 2.00 bits per heavy atom. The summed E-state index contributed by atoms with van der Waals surface area (Å²) in [4.78, 5) is 4.21. The van der Waals surface area contributed by atoms with Crippen molar-refractivity contribution >= 4 is 27.4 Å². The summed E-state index contributed by atoms with van der Waals surface area (Å²) in [7, 11) is 4.61. The van der Waals surface area contributed by atoms with E-state index in [1.165, 1.54) is 5.75 Å². The van der Waals surface area contributed by atoms with E-state index in [-0.39, 0.29) is 0 Å². The van der Waals surface area contributed by atoms with Gasteiger partial charge in [0.2, 0.25) is 0 Å². The zero-order valence-corrected chi connectivity index (χ0v) is 12.4. The molecular weight excluding hydrogens is 409 g/mol. The molecule has 0 amide bonds. The molecule has 1 rings (SSSR count). The first kappa shape index (κ1) is 15.2. The van der Waals surface area contributed by atoms with Crippen molar-refractivity contribution in [3.63, 3.8) is 0 Å². The minimum absolute atomic E-state index is 0.868. The third-order valence-electron chi connectivity index (χ3n) is 1.53. The van der Waals surface area contributed by atoms with Gasteiger partial charge in [0.25, 0.3) is 0 Å². The number of nitrogens with zero attached hydrogens (tertiary/aromatic N) is 1. The van der Waals surface area contributed by atoms with Crippen molar-refractivity contribution < 1.29 is 18.8 Å². The van der Waals surface area contributed by atoms with Gasteiger partial charge in [0.1, 0.15) is 0 Å². The van der Waals surface area contributed by atoms with Gasteiger partial charge in [0, 0.05) is 12.3 Å². The number of halogens is 1. The van der Waals surface area contributed by atoms with Crippen molar-refractivity contribution in [3.8, 4) is 0 Å². The molecule has 15 heavy (non-hydrogen) atoms. The van der Waals surface area contributed by atoms with Crippen LogP contribution in [0.3, 0.4) is 0 Å². The quantitative estimate of drug-likeness (QED) is 0.402. The molecule has 0 spiro atoms. The van der Waals surface area contributed by atoms with Crippen molar-refractivity contribution in [2.24, 2.45) is 4.99 Å². The van der Waals surface area contributed by atoms with Crippen LogP contribution in [0, 0.1) is 0 Å². The van der Waals surface area contributed by atoms with Crippen LogP contribution in [0.5, 0.6) is 0 Å². The molecule has 0 heterocycles. The Morgan fingerprint density at radius 1 is 1.33 bits per heavy atom. The summed E-state index contributed by atoms with van der Waals surface area (Å²) in [6, 6.07) is 10.0. The Morgan fingerprint density at radius 3 is 2.60 bits per heavy atom. The van der Waals surface area contributed by atoms with Crippen LogP contribution in [0.4, 0.5) is 0 Å². The van der Waals surface area contributed by atoms with Gasteiger partial charge in [0.15, 0.2) is 0 Å². The zero-order valence-electron chi connectivity index (χ0n) is 8.56. The average Bonchev–Trinajstić information content (AvgIpc) is 2.33. The van der Waals surface area contributed by atoms with E-state index in [2.05, 4.69) is 27.5 Å². The van der Waals surface area contributed by atoms with Crippen molar-refractivity contribution in [2.75, 3.05) is 18.1 Å². The molecule has 0 N–H and O–H groups in total. The number of aliphatic imine (C=N–C) groups is 1. The molecule has 0 unspecified atom stereocenters. The minimum atomic E-state index is 0.868. The van der Waals surface area contributed by atoms with E-state index < -0.39 is 0 Å². The second-order valence-corrected chi connectivity index (χ2v) is 3.95. The van der Waals surface area contributed by atoms with Crippen molar-refractivity contribution in [1.82, 2.24) is 0 Å². The Balaban J connectivity index is 0.000000921. The van der Waals surface area contributed by atoms with Gasteiger partial charge in [-0.1, -0.05) is 19.2 Å².